The standard InChI is InChI=1S/C25H39NO3/c1-5-6-7-23(27)26-21-13-11-20(12-14-21)10-8-19(2)9-15-22-16-25(18-28-25)17-24(3,4)29-22/h5-6,8-9,15,20-22H,7,10-14,16-18H2,1-4H3,(H,26,27)/b6-5+,15-9?,19-8?/t20?,21?,22-,25-/m1/s1. The van der Waals surface area contributed by atoms with Crippen molar-refractivity contribution in [2.75, 3.05) is 6.61 Å². The lowest BCUT2D eigenvalue weighted by atomic mass is 9.83. The largest absolute Gasteiger partial charge is 0.369 e. The smallest absolute Gasteiger partial charge is 0.224 e. The van der Waals surface area contributed by atoms with E-state index in [-0.39, 0.29) is 23.2 Å². The van der Waals surface area contributed by atoms with Gasteiger partial charge in [-0.3, -0.25) is 4.79 Å². The highest BCUT2D eigenvalue weighted by Crippen LogP contribution is 2.46. The second-order valence-electron chi connectivity index (χ2n) is 9.87. The molecule has 1 aliphatic carbocycles. The molecule has 3 fully saturated rings. The molecule has 3 aliphatic rings. The fraction of sp³-hybridized carbons (Fsp3) is 0.720. The van der Waals surface area contributed by atoms with Crippen LogP contribution in [0.2, 0.25) is 0 Å². The van der Waals surface area contributed by atoms with Gasteiger partial charge in [0.25, 0.3) is 0 Å². The Morgan fingerprint density at radius 3 is 2.59 bits per heavy atom. The Hall–Kier alpha value is -1.39. The predicted octanol–water partition coefficient (Wildman–Crippen LogP) is 5.25. The number of nitrogens with one attached hydrogen (secondary N) is 1. The van der Waals surface area contributed by atoms with Crippen molar-refractivity contribution in [3.63, 3.8) is 0 Å². The van der Waals surface area contributed by atoms with Gasteiger partial charge in [-0.25, -0.2) is 0 Å². The van der Waals surface area contributed by atoms with Crippen LogP contribution in [0.5, 0.6) is 0 Å². The van der Waals surface area contributed by atoms with Crippen LogP contribution >= 0.6 is 0 Å². The Kier molecular flexibility index (Phi) is 7.39. The average Bonchev–Trinajstić information content (AvgIpc) is 3.40. The minimum atomic E-state index is -0.109. The first-order valence-corrected chi connectivity index (χ1v) is 11.4. The number of epoxide rings is 1. The van der Waals surface area contributed by atoms with Crippen molar-refractivity contribution in [2.24, 2.45) is 5.92 Å². The predicted molar refractivity (Wildman–Crippen MR) is 118 cm³/mol. The summed E-state index contributed by atoms with van der Waals surface area (Å²) in [5.74, 6) is 0.883. The molecule has 4 nitrogen and oxygen atoms in total. The Morgan fingerprint density at radius 1 is 1.21 bits per heavy atom. The summed E-state index contributed by atoms with van der Waals surface area (Å²) < 4.78 is 12.0. The van der Waals surface area contributed by atoms with E-state index in [1.807, 2.05) is 19.1 Å². The maximum atomic E-state index is 11.9. The van der Waals surface area contributed by atoms with Gasteiger partial charge in [0.15, 0.2) is 0 Å². The lowest BCUT2D eigenvalue weighted by Gasteiger charge is -2.38. The van der Waals surface area contributed by atoms with Gasteiger partial charge in [0, 0.05) is 25.3 Å². The van der Waals surface area contributed by atoms with Crippen LogP contribution in [0.1, 0.15) is 79.1 Å². The van der Waals surface area contributed by atoms with E-state index >= 15 is 0 Å². The Bertz CT molecular complexity index is 643. The quantitative estimate of drug-likeness (QED) is 0.360. The van der Waals surface area contributed by atoms with Crippen LogP contribution in [0.3, 0.4) is 0 Å². The molecule has 1 saturated carbocycles. The molecule has 2 saturated heterocycles. The highest BCUT2D eigenvalue weighted by atomic mass is 16.6. The number of hydrogen-bond acceptors (Lipinski definition) is 3. The first kappa shape index (κ1) is 22.3. The zero-order valence-electron chi connectivity index (χ0n) is 18.7. The van der Waals surface area contributed by atoms with Gasteiger partial charge in [0.05, 0.1) is 23.9 Å². The SMILES string of the molecule is C/C=C/CC(=O)NC1CCC(CC=C(C)C=C[C@@H]2C[C@]3(CO3)CC(C)(C)O2)CC1. The molecule has 29 heavy (non-hydrogen) atoms. The van der Waals surface area contributed by atoms with E-state index < -0.39 is 0 Å². The van der Waals surface area contributed by atoms with Crippen LogP contribution in [-0.4, -0.2) is 35.9 Å². The zero-order valence-corrected chi connectivity index (χ0v) is 18.7. The molecule has 1 spiro atoms. The molecule has 0 bridgehead atoms. The third-order valence-electron chi connectivity index (χ3n) is 6.44. The zero-order chi connectivity index (χ0) is 20.9. The van der Waals surface area contributed by atoms with Gasteiger partial charge in [-0.15, -0.1) is 0 Å². The summed E-state index contributed by atoms with van der Waals surface area (Å²) in [6.07, 6.45) is 19.0. The lowest BCUT2D eigenvalue weighted by Crippen LogP contribution is -2.43. The first-order valence-electron chi connectivity index (χ1n) is 11.4. The normalized spacial score (nSPS) is 34.8. The maximum absolute atomic E-state index is 11.9. The van der Waals surface area contributed by atoms with E-state index in [1.54, 1.807) is 0 Å². The van der Waals surface area contributed by atoms with Crippen LogP contribution in [0, 0.1) is 5.92 Å². The second-order valence-corrected chi connectivity index (χ2v) is 9.87. The Morgan fingerprint density at radius 2 is 1.93 bits per heavy atom. The van der Waals surface area contributed by atoms with Crippen molar-refractivity contribution in [1.82, 2.24) is 5.32 Å². The monoisotopic (exact) mass is 401 g/mol. The minimum absolute atomic E-state index is 0.0786. The van der Waals surface area contributed by atoms with Gasteiger partial charge in [0.1, 0.15) is 0 Å². The second kappa shape index (κ2) is 9.61. The number of carbonyl (C=O) groups is 1. The molecule has 2 atom stereocenters. The number of amides is 1. The summed E-state index contributed by atoms with van der Waals surface area (Å²) in [4.78, 5) is 11.9. The number of rotatable bonds is 7. The van der Waals surface area contributed by atoms with Gasteiger partial charge in [-0.05, 0) is 65.7 Å². The molecule has 4 heteroatoms. The summed E-state index contributed by atoms with van der Waals surface area (Å²) in [7, 11) is 0. The first-order chi connectivity index (χ1) is 13.8. The summed E-state index contributed by atoms with van der Waals surface area (Å²) in [5.41, 5.74) is 1.28. The van der Waals surface area contributed by atoms with Gasteiger partial charge in [-0.2, -0.15) is 0 Å². The third kappa shape index (κ3) is 7.11. The van der Waals surface area contributed by atoms with Gasteiger partial charge >= 0.3 is 0 Å². The molecule has 2 heterocycles. The molecular weight excluding hydrogens is 362 g/mol. The maximum Gasteiger partial charge on any atom is 0.224 e. The third-order valence-corrected chi connectivity index (χ3v) is 6.44. The summed E-state index contributed by atoms with van der Waals surface area (Å²) in [6.45, 7) is 9.35. The number of hydrogen-bond donors (Lipinski definition) is 1. The van der Waals surface area contributed by atoms with Crippen molar-refractivity contribution in [3.8, 4) is 0 Å². The topological polar surface area (TPSA) is 50.9 Å². The molecule has 1 amide bonds. The van der Waals surface area contributed by atoms with Crippen LogP contribution in [0.15, 0.2) is 36.0 Å². The molecule has 0 aromatic carbocycles. The van der Waals surface area contributed by atoms with Crippen LogP contribution in [0.25, 0.3) is 0 Å². The van der Waals surface area contributed by atoms with E-state index in [0.29, 0.717) is 12.5 Å². The van der Waals surface area contributed by atoms with Crippen LogP contribution in [-0.2, 0) is 14.3 Å². The molecule has 162 valence electrons. The molecule has 1 N–H and O–H groups in total. The Labute approximate surface area is 176 Å². The van der Waals surface area contributed by atoms with E-state index in [2.05, 4.69) is 44.3 Å². The number of ether oxygens (including phenoxy) is 2. The highest BCUT2D eigenvalue weighted by Gasteiger charge is 2.53. The van der Waals surface area contributed by atoms with Crippen molar-refractivity contribution in [2.45, 2.75) is 102 Å². The molecule has 0 aromatic heterocycles. The average molecular weight is 402 g/mol. The summed E-state index contributed by atoms with van der Waals surface area (Å²) >= 11 is 0. The molecule has 3 rings (SSSR count). The molecule has 0 radical (unpaired) electrons. The molecule has 2 aliphatic heterocycles. The van der Waals surface area contributed by atoms with Crippen molar-refractivity contribution in [1.29, 1.82) is 0 Å². The fourth-order valence-corrected chi connectivity index (χ4v) is 4.87. The van der Waals surface area contributed by atoms with Crippen molar-refractivity contribution < 1.29 is 14.3 Å². The van der Waals surface area contributed by atoms with Crippen molar-refractivity contribution in [3.05, 3.63) is 36.0 Å². The summed E-state index contributed by atoms with van der Waals surface area (Å²) in [6, 6.07) is 0.359. The highest BCUT2D eigenvalue weighted by molar-refractivity contribution is 5.77. The molecule has 0 unspecified atom stereocenters. The summed E-state index contributed by atoms with van der Waals surface area (Å²) in [5, 5.41) is 3.17. The molecular formula is C25H39NO3. The van der Waals surface area contributed by atoms with Gasteiger partial charge in [0.2, 0.25) is 5.91 Å². The number of allylic oxidation sites excluding steroid dienone is 4. The van der Waals surface area contributed by atoms with E-state index in [4.69, 9.17) is 9.47 Å². The van der Waals surface area contributed by atoms with Crippen LogP contribution in [0.4, 0.5) is 0 Å². The Balaban J connectivity index is 1.39. The van der Waals surface area contributed by atoms with E-state index in [0.717, 1.165) is 44.6 Å². The van der Waals surface area contributed by atoms with Gasteiger partial charge in [-0.1, -0.05) is 36.0 Å². The van der Waals surface area contributed by atoms with E-state index in [9.17, 15) is 4.79 Å². The molecule has 0 aromatic rings. The number of carbonyl (C=O) groups excluding carboxylic acids is 1. The van der Waals surface area contributed by atoms with E-state index in [1.165, 1.54) is 18.4 Å². The van der Waals surface area contributed by atoms with Crippen molar-refractivity contribution >= 4 is 5.91 Å². The fourth-order valence-electron chi connectivity index (χ4n) is 4.87. The van der Waals surface area contributed by atoms with Gasteiger partial charge < -0.3 is 14.8 Å². The van der Waals surface area contributed by atoms with Crippen LogP contribution < -0.4 is 5.32 Å². The lowest BCUT2D eigenvalue weighted by molar-refractivity contribution is -0.121. The minimum Gasteiger partial charge on any atom is -0.369 e.